The molecule has 7 heteroatoms. The number of nitrogens with one attached hydrogen (secondary N) is 1. The third-order valence-electron chi connectivity index (χ3n) is 3.39. The van der Waals surface area contributed by atoms with E-state index in [-0.39, 0.29) is 11.6 Å². The Bertz CT molecular complexity index is 417. The molecule has 0 aliphatic heterocycles. The van der Waals surface area contributed by atoms with Gasteiger partial charge in [-0.1, -0.05) is 0 Å². The van der Waals surface area contributed by atoms with Gasteiger partial charge in [-0.25, -0.2) is 9.97 Å². The van der Waals surface area contributed by atoms with Gasteiger partial charge in [-0.05, 0) is 26.2 Å². The molecule has 1 fully saturated rings. The van der Waals surface area contributed by atoms with Crippen LogP contribution in [-0.2, 0) is 6.18 Å². The Labute approximate surface area is 103 Å². The minimum absolute atomic E-state index is 0.0263. The number of hydrogen-bond donors (Lipinski definition) is 2. The van der Waals surface area contributed by atoms with E-state index in [0.29, 0.717) is 5.82 Å². The zero-order chi connectivity index (χ0) is 13.4. The molecule has 1 aliphatic carbocycles. The highest BCUT2D eigenvalue weighted by atomic mass is 19.4. The topological polar surface area (TPSA) is 63.8 Å². The standard InChI is InChI=1S/C11H15F3N4/c1-10(4-2-3-7(10)15)18-9-6-16-8(5-17-9)11(12,13)14/h5-7H,2-4,15H2,1H3,(H,17,18). The van der Waals surface area contributed by atoms with Crippen molar-refractivity contribution in [3.63, 3.8) is 0 Å². The molecule has 0 bridgehead atoms. The van der Waals surface area contributed by atoms with Gasteiger partial charge in [0.2, 0.25) is 0 Å². The van der Waals surface area contributed by atoms with Crippen LogP contribution in [0.25, 0.3) is 0 Å². The minimum atomic E-state index is -4.46. The fraction of sp³-hybridized carbons (Fsp3) is 0.636. The number of anilines is 1. The summed E-state index contributed by atoms with van der Waals surface area (Å²) in [4.78, 5) is 7.10. The van der Waals surface area contributed by atoms with Crippen LogP contribution in [-0.4, -0.2) is 21.5 Å². The molecule has 1 saturated carbocycles. The van der Waals surface area contributed by atoms with Crippen molar-refractivity contribution >= 4 is 5.82 Å². The van der Waals surface area contributed by atoms with Gasteiger partial charge in [0.25, 0.3) is 0 Å². The molecule has 1 aromatic rings. The summed E-state index contributed by atoms with van der Waals surface area (Å²) < 4.78 is 37.0. The summed E-state index contributed by atoms with van der Waals surface area (Å²) in [6.45, 7) is 1.95. The molecule has 1 aliphatic rings. The Morgan fingerprint density at radius 1 is 1.39 bits per heavy atom. The van der Waals surface area contributed by atoms with E-state index in [9.17, 15) is 13.2 Å². The molecule has 0 saturated heterocycles. The van der Waals surface area contributed by atoms with E-state index in [0.717, 1.165) is 31.7 Å². The van der Waals surface area contributed by atoms with Gasteiger partial charge in [0.05, 0.1) is 17.9 Å². The maximum atomic E-state index is 12.3. The number of rotatable bonds is 2. The first kappa shape index (κ1) is 13.1. The number of nitrogens with two attached hydrogens (primary N) is 1. The molecule has 0 spiro atoms. The average Bonchev–Trinajstić information content (AvgIpc) is 2.58. The molecule has 3 N–H and O–H groups in total. The summed E-state index contributed by atoms with van der Waals surface area (Å²) in [5.41, 5.74) is 4.65. The Kier molecular flexibility index (Phi) is 3.18. The van der Waals surface area contributed by atoms with Crippen LogP contribution in [0, 0.1) is 0 Å². The maximum Gasteiger partial charge on any atom is 0.434 e. The van der Waals surface area contributed by atoms with Crippen molar-refractivity contribution in [2.24, 2.45) is 5.73 Å². The van der Waals surface area contributed by atoms with Crippen LogP contribution in [0.1, 0.15) is 31.9 Å². The van der Waals surface area contributed by atoms with Crippen LogP contribution in [0.3, 0.4) is 0 Å². The van der Waals surface area contributed by atoms with Crippen molar-refractivity contribution < 1.29 is 13.2 Å². The molecule has 2 rings (SSSR count). The zero-order valence-electron chi connectivity index (χ0n) is 9.96. The van der Waals surface area contributed by atoms with E-state index in [2.05, 4.69) is 15.3 Å². The molecule has 4 nitrogen and oxygen atoms in total. The number of nitrogens with zero attached hydrogens (tertiary/aromatic N) is 2. The highest BCUT2D eigenvalue weighted by Crippen LogP contribution is 2.32. The quantitative estimate of drug-likeness (QED) is 0.855. The lowest BCUT2D eigenvalue weighted by atomic mass is 9.96. The summed E-state index contributed by atoms with van der Waals surface area (Å²) in [7, 11) is 0. The Hall–Kier alpha value is -1.37. The summed E-state index contributed by atoms with van der Waals surface area (Å²) in [5.74, 6) is 0.322. The maximum absolute atomic E-state index is 12.3. The Morgan fingerprint density at radius 2 is 2.11 bits per heavy atom. The van der Waals surface area contributed by atoms with Gasteiger partial charge in [0.1, 0.15) is 5.82 Å². The second-order valence-electron chi connectivity index (χ2n) is 4.83. The van der Waals surface area contributed by atoms with Crippen LogP contribution in [0.5, 0.6) is 0 Å². The lowest BCUT2D eigenvalue weighted by Crippen LogP contribution is -2.47. The van der Waals surface area contributed by atoms with Gasteiger partial charge in [-0.15, -0.1) is 0 Å². The summed E-state index contributed by atoms with van der Waals surface area (Å²) in [5, 5.41) is 3.08. The van der Waals surface area contributed by atoms with Gasteiger partial charge in [-0.3, -0.25) is 0 Å². The third-order valence-corrected chi connectivity index (χ3v) is 3.39. The normalized spacial score (nSPS) is 28.4. The molecule has 0 aromatic carbocycles. The molecule has 18 heavy (non-hydrogen) atoms. The van der Waals surface area contributed by atoms with Gasteiger partial charge in [0, 0.05) is 6.04 Å². The van der Waals surface area contributed by atoms with E-state index < -0.39 is 11.9 Å². The fourth-order valence-electron chi connectivity index (χ4n) is 2.18. The predicted octanol–water partition coefficient (Wildman–Crippen LogP) is 2.18. The van der Waals surface area contributed by atoms with Crippen LogP contribution < -0.4 is 11.1 Å². The monoisotopic (exact) mass is 260 g/mol. The van der Waals surface area contributed by atoms with Crippen LogP contribution >= 0.6 is 0 Å². The van der Waals surface area contributed by atoms with Gasteiger partial charge in [0.15, 0.2) is 5.69 Å². The number of halogens is 3. The highest BCUT2D eigenvalue weighted by Gasteiger charge is 2.37. The number of alkyl halides is 3. The molecule has 2 atom stereocenters. The van der Waals surface area contributed by atoms with Gasteiger partial charge < -0.3 is 11.1 Å². The van der Waals surface area contributed by atoms with Gasteiger partial charge in [-0.2, -0.15) is 13.2 Å². The number of aromatic nitrogens is 2. The zero-order valence-corrected chi connectivity index (χ0v) is 9.96. The van der Waals surface area contributed by atoms with E-state index in [4.69, 9.17) is 5.73 Å². The summed E-state index contributed by atoms with van der Waals surface area (Å²) in [6.07, 6.45) is 0.137. The molecular weight excluding hydrogens is 245 g/mol. The van der Waals surface area contributed by atoms with E-state index in [1.54, 1.807) is 0 Å². The Balaban J connectivity index is 2.11. The van der Waals surface area contributed by atoms with Gasteiger partial charge >= 0.3 is 6.18 Å². The molecule has 100 valence electrons. The van der Waals surface area contributed by atoms with Crippen LogP contribution in [0.15, 0.2) is 12.4 Å². The third kappa shape index (κ3) is 2.55. The Morgan fingerprint density at radius 3 is 2.56 bits per heavy atom. The average molecular weight is 260 g/mol. The molecule has 0 amide bonds. The minimum Gasteiger partial charge on any atom is -0.362 e. The smallest absolute Gasteiger partial charge is 0.362 e. The van der Waals surface area contributed by atoms with Crippen molar-refractivity contribution in [2.45, 2.75) is 43.9 Å². The van der Waals surface area contributed by atoms with Crippen molar-refractivity contribution in [3.8, 4) is 0 Å². The second-order valence-corrected chi connectivity index (χ2v) is 4.83. The highest BCUT2D eigenvalue weighted by molar-refractivity contribution is 5.36. The summed E-state index contributed by atoms with van der Waals surface area (Å²) >= 11 is 0. The van der Waals surface area contributed by atoms with Crippen molar-refractivity contribution in [3.05, 3.63) is 18.1 Å². The predicted molar refractivity (Wildman–Crippen MR) is 60.9 cm³/mol. The molecule has 0 radical (unpaired) electrons. The summed E-state index contributed by atoms with van der Waals surface area (Å²) in [6, 6.07) is -0.0263. The number of hydrogen-bond acceptors (Lipinski definition) is 4. The fourth-order valence-corrected chi connectivity index (χ4v) is 2.18. The van der Waals surface area contributed by atoms with E-state index >= 15 is 0 Å². The van der Waals surface area contributed by atoms with Crippen LogP contribution in [0.2, 0.25) is 0 Å². The second kappa shape index (κ2) is 4.38. The van der Waals surface area contributed by atoms with E-state index in [1.807, 2.05) is 6.92 Å². The first-order chi connectivity index (χ1) is 8.31. The van der Waals surface area contributed by atoms with Crippen molar-refractivity contribution in [2.75, 3.05) is 5.32 Å². The SMILES string of the molecule is CC1(Nc2cnc(C(F)(F)F)cn2)CCCC1N. The first-order valence-electron chi connectivity index (χ1n) is 5.74. The van der Waals surface area contributed by atoms with E-state index in [1.165, 1.54) is 0 Å². The molecule has 1 aromatic heterocycles. The molecule has 1 heterocycles. The largest absolute Gasteiger partial charge is 0.434 e. The van der Waals surface area contributed by atoms with Crippen molar-refractivity contribution in [1.29, 1.82) is 0 Å². The van der Waals surface area contributed by atoms with Crippen molar-refractivity contribution in [1.82, 2.24) is 9.97 Å². The molecular formula is C11H15F3N4. The van der Waals surface area contributed by atoms with Crippen LogP contribution in [0.4, 0.5) is 19.0 Å². The molecule has 2 unspecified atom stereocenters. The first-order valence-corrected chi connectivity index (χ1v) is 5.74. The lowest BCUT2D eigenvalue weighted by molar-refractivity contribution is -0.141. The lowest BCUT2D eigenvalue weighted by Gasteiger charge is -2.30.